The Morgan fingerprint density at radius 3 is 2.66 bits per heavy atom. The molecule has 0 spiro atoms. The topological polar surface area (TPSA) is 126 Å². The molecule has 1 aliphatic rings. The zero-order chi connectivity index (χ0) is 27.7. The zero-order valence-corrected chi connectivity index (χ0v) is 19.7. The van der Waals surface area contributed by atoms with Crippen LogP contribution in [0, 0.1) is 5.95 Å². The summed E-state index contributed by atoms with van der Waals surface area (Å²) in [5, 5.41) is 5.88. The molecular weight excluding hydrogens is 475 g/mol. The summed E-state index contributed by atoms with van der Waals surface area (Å²) in [5.74, 6) is -0.955. The van der Waals surface area contributed by atoms with Crippen molar-refractivity contribution in [3.63, 3.8) is 0 Å². The van der Waals surface area contributed by atoms with Crippen molar-refractivity contribution in [3.05, 3.63) is 65.7 Å². The maximum atomic E-state index is 13.5. The molecular formula is C23H25FN6O4S. The number of pyridine rings is 2. The van der Waals surface area contributed by atoms with Gasteiger partial charge < -0.3 is 10.6 Å². The van der Waals surface area contributed by atoms with E-state index in [0.717, 1.165) is 35.2 Å². The molecule has 35 heavy (non-hydrogen) atoms. The average Bonchev–Trinajstić information content (AvgIpc) is 3.67. The second-order valence-electron chi connectivity index (χ2n) is 8.03. The van der Waals surface area contributed by atoms with Gasteiger partial charge in [0.15, 0.2) is 0 Å². The highest BCUT2D eigenvalue weighted by atomic mass is 32.2. The molecule has 2 heterocycles. The minimum absolute atomic E-state index is 0.105. The van der Waals surface area contributed by atoms with Gasteiger partial charge in [-0.1, -0.05) is 12.1 Å². The number of benzene rings is 1. The Morgan fingerprint density at radius 1 is 1.17 bits per heavy atom. The summed E-state index contributed by atoms with van der Waals surface area (Å²) >= 11 is 0. The van der Waals surface area contributed by atoms with Gasteiger partial charge in [0.25, 0.3) is 5.91 Å². The van der Waals surface area contributed by atoms with E-state index in [1.54, 1.807) is 12.1 Å². The number of carbonyl (C=O) groups is 1. The van der Waals surface area contributed by atoms with E-state index in [0.29, 0.717) is 17.3 Å². The number of hydroxylamine groups is 1. The lowest BCUT2D eigenvalue weighted by Gasteiger charge is -2.23. The summed E-state index contributed by atoms with van der Waals surface area (Å²) in [6.45, 7) is 0. The lowest BCUT2D eigenvalue weighted by atomic mass is 10.1. The van der Waals surface area contributed by atoms with Gasteiger partial charge in [0.1, 0.15) is 11.6 Å². The molecule has 1 saturated carbocycles. The molecule has 1 fully saturated rings. The summed E-state index contributed by atoms with van der Waals surface area (Å²) in [6, 6.07) is 10.9. The Balaban J connectivity index is 1.74. The Hall–Kier alpha value is -3.77. The van der Waals surface area contributed by atoms with Gasteiger partial charge in [0.05, 0.1) is 40.0 Å². The number of nitrogens with one attached hydrogen (secondary N) is 3. The summed E-state index contributed by atoms with van der Waals surface area (Å²) < 4.78 is 60.9. The molecule has 0 bridgehead atoms. The van der Waals surface area contributed by atoms with Crippen LogP contribution in [0.2, 0.25) is 0 Å². The molecule has 0 unspecified atom stereocenters. The first kappa shape index (κ1) is 20.6. The van der Waals surface area contributed by atoms with Crippen LogP contribution in [0.25, 0.3) is 0 Å². The second kappa shape index (κ2) is 9.84. The number of aromatic nitrogens is 2. The average molecular weight is 504 g/mol. The molecule has 4 rings (SSSR count). The molecule has 0 saturated heterocycles. The summed E-state index contributed by atoms with van der Waals surface area (Å²) in [4.78, 5) is 25.1. The van der Waals surface area contributed by atoms with Gasteiger partial charge in [0.2, 0.25) is 16.0 Å². The van der Waals surface area contributed by atoms with Gasteiger partial charge >= 0.3 is 0 Å². The molecule has 1 amide bonds. The van der Waals surface area contributed by atoms with Crippen LogP contribution in [0.1, 0.15) is 38.8 Å². The van der Waals surface area contributed by atoms with E-state index in [2.05, 4.69) is 25.4 Å². The highest BCUT2D eigenvalue weighted by Crippen LogP contribution is 2.43. The van der Waals surface area contributed by atoms with Gasteiger partial charge in [-0.2, -0.15) is 4.39 Å². The number of nitrogens with zero attached hydrogens (tertiary/aromatic N) is 3. The molecule has 12 heteroatoms. The van der Waals surface area contributed by atoms with Gasteiger partial charge in [-0.3, -0.25) is 13.9 Å². The van der Waals surface area contributed by atoms with Crippen molar-refractivity contribution in [2.75, 3.05) is 35.3 Å². The van der Waals surface area contributed by atoms with E-state index >= 15 is 0 Å². The van der Waals surface area contributed by atoms with Crippen molar-refractivity contribution < 1.29 is 26.6 Å². The number of halogens is 1. The van der Waals surface area contributed by atoms with Crippen LogP contribution in [0.3, 0.4) is 0 Å². The number of sulfonamides is 1. The fourth-order valence-corrected chi connectivity index (χ4v) is 3.94. The third-order valence-corrected chi connectivity index (χ3v) is 6.63. The minimum atomic E-state index is -3.63. The van der Waals surface area contributed by atoms with Crippen LogP contribution in [-0.4, -0.2) is 44.6 Å². The third kappa shape index (κ3) is 5.84. The number of anilines is 5. The van der Waals surface area contributed by atoms with E-state index < -0.39 is 28.9 Å². The van der Waals surface area contributed by atoms with Crippen LogP contribution in [-0.2, 0) is 14.9 Å². The lowest BCUT2D eigenvalue weighted by Crippen LogP contribution is -2.26. The molecule has 184 valence electrons. The van der Waals surface area contributed by atoms with Crippen molar-refractivity contribution in [2.24, 2.45) is 0 Å². The Kier molecular flexibility index (Phi) is 5.79. The first-order valence-electron chi connectivity index (χ1n) is 12.0. The molecule has 10 nitrogen and oxygen atoms in total. The van der Waals surface area contributed by atoms with Crippen molar-refractivity contribution >= 4 is 44.6 Å². The predicted octanol–water partition coefficient (Wildman–Crippen LogP) is 3.67. The van der Waals surface area contributed by atoms with Crippen molar-refractivity contribution in [3.8, 4) is 0 Å². The second-order valence-corrected chi connectivity index (χ2v) is 10.0. The minimum Gasteiger partial charge on any atom is -0.353 e. The monoisotopic (exact) mass is 503 g/mol. The van der Waals surface area contributed by atoms with E-state index in [-0.39, 0.29) is 22.9 Å². The highest BCUT2D eigenvalue weighted by molar-refractivity contribution is 7.92. The largest absolute Gasteiger partial charge is 0.353 e. The van der Waals surface area contributed by atoms with Gasteiger partial charge in [-0.05, 0) is 48.6 Å². The molecule has 3 N–H and O–H groups in total. The van der Waals surface area contributed by atoms with E-state index in [9.17, 15) is 17.6 Å². The van der Waals surface area contributed by atoms with Crippen LogP contribution in [0.5, 0.6) is 0 Å². The number of amides is 1. The normalized spacial score (nSPS) is 14.9. The van der Waals surface area contributed by atoms with Crippen molar-refractivity contribution in [1.82, 2.24) is 15.4 Å². The van der Waals surface area contributed by atoms with E-state index in [4.69, 9.17) is 4.11 Å². The number of hydrogen-bond donors (Lipinski definition) is 3. The van der Waals surface area contributed by atoms with Crippen molar-refractivity contribution in [1.29, 1.82) is 0 Å². The molecule has 0 atom stereocenters. The Bertz CT molecular complexity index is 1470. The number of rotatable bonds is 9. The smallest absolute Gasteiger partial charge is 0.278 e. The molecule has 1 aromatic carbocycles. The van der Waals surface area contributed by atoms with Crippen LogP contribution in [0.4, 0.5) is 33.1 Å². The molecule has 0 radical (unpaired) electrons. The summed E-state index contributed by atoms with van der Waals surface area (Å²) in [5.41, 5.74) is 3.58. The van der Waals surface area contributed by atoms with E-state index in [1.165, 1.54) is 31.3 Å². The Labute approximate surface area is 206 Å². The quantitative estimate of drug-likeness (QED) is 0.298. The molecule has 2 aromatic heterocycles. The Morgan fingerprint density at radius 2 is 1.97 bits per heavy atom. The van der Waals surface area contributed by atoms with E-state index in [1.807, 2.05) is 11.5 Å². The molecule has 0 aliphatic heterocycles. The number of carbonyl (C=O) groups excluding carboxylic acids is 1. The SMILES string of the molecule is [2H]C([2H])([2H])ONC(=O)c1cnc(Nc2cccc(F)n2)cc1Nc1ccc(C2CC2)cc1N(C)S(C)(=O)=O. The summed E-state index contributed by atoms with van der Waals surface area (Å²) in [6.07, 6.45) is 4.25. The highest BCUT2D eigenvalue weighted by Gasteiger charge is 2.26. The van der Waals surface area contributed by atoms with Gasteiger partial charge in [-0.15, -0.1) is 0 Å². The lowest BCUT2D eigenvalue weighted by molar-refractivity contribution is 0.0538. The first-order valence-corrected chi connectivity index (χ1v) is 12.4. The van der Waals surface area contributed by atoms with Crippen LogP contribution < -0.4 is 20.4 Å². The van der Waals surface area contributed by atoms with Crippen LogP contribution >= 0.6 is 0 Å². The fourth-order valence-electron chi connectivity index (χ4n) is 3.43. The summed E-state index contributed by atoms with van der Waals surface area (Å²) in [7, 11) is -5.10. The van der Waals surface area contributed by atoms with Gasteiger partial charge in [-0.25, -0.2) is 23.9 Å². The van der Waals surface area contributed by atoms with Gasteiger partial charge in [0, 0.05) is 19.3 Å². The zero-order valence-electron chi connectivity index (χ0n) is 21.9. The predicted molar refractivity (Wildman–Crippen MR) is 131 cm³/mol. The number of hydrogen-bond acceptors (Lipinski definition) is 8. The standard InChI is InChI=1S/C23H25FN6O4S/c1-30(35(3,32)33)19-11-15(14-7-8-14)9-10-17(19)26-18-12-22(25-13-16(18)23(31)29-34-2)28-21-6-4-5-20(24)27-21/h4-6,9-14H,7-8H2,1-3H3,(H,29,31)(H2,25,26,27,28)/i2D3. The maximum absolute atomic E-state index is 13.5. The first-order chi connectivity index (χ1) is 17.8. The van der Waals surface area contributed by atoms with Crippen molar-refractivity contribution in [2.45, 2.75) is 18.8 Å². The fraction of sp³-hybridized carbons (Fsp3) is 0.261. The maximum Gasteiger partial charge on any atom is 0.278 e. The van der Waals surface area contributed by atoms with Crippen LogP contribution in [0.15, 0.2) is 48.7 Å². The molecule has 3 aromatic rings. The third-order valence-electron chi connectivity index (χ3n) is 5.44. The molecule has 1 aliphatic carbocycles.